The minimum Gasteiger partial charge on any atom is -0.494 e. The molecule has 164 valence electrons. The van der Waals surface area contributed by atoms with Crippen LogP contribution < -0.4 is 5.32 Å². The minimum absolute atomic E-state index is 0.0984. The highest BCUT2D eigenvalue weighted by molar-refractivity contribution is 7.89. The van der Waals surface area contributed by atoms with E-state index in [2.05, 4.69) is 17.4 Å². The highest BCUT2D eigenvalue weighted by Crippen LogP contribution is 2.27. The minimum atomic E-state index is -3.56. The van der Waals surface area contributed by atoms with E-state index in [4.69, 9.17) is 9.47 Å². The van der Waals surface area contributed by atoms with Crippen molar-refractivity contribution in [2.24, 2.45) is 5.92 Å². The van der Waals surface area contributed by atoms with Gasteiger partial charge in [0, 0.05) is 18.8 Å². The van der Waals surface area contributed by atoms with E-state index in [0.717, 1.165) is 19.3 Å². The first kappa shape index (κ1) is 21.4. The first-order chi connectivity index (χ1) is 15.0. The lowest BCUT2D eigenvalue weighted by atomic mass is 9.91. The Morgan fingerprint density at radius 3 is 2.35 bits per heavy atom. The van der Waals surface area contributed by atoms with Crippen molar-refractivity contribution in [2.75, 3.05) is 31.6 Å². The smallest absolute Gasteiger partial charge is 0.294 e. The summed E-state index contributed by atoms with van der Waals surface area (Å²) in [6.45, 7) is 1.76. The van der Waals surface area contributed by atoms with Gasteiger partial charge in [-0.15, -0.1) is 0 Å². The lowest BCUT2D eigenvalue weighted by molar-refractivity contribution is -0.117. The van der Waals surface area contributed by atoms with Gasteiger partial charge >= 0.3 is 0 Å². The zero-order valence-corrected chi connectivity index (χ0v) is 18.0. The van der Waals surface area contributed by atoms with Crippen LogP contribution in [0.2, 0.25) is 0 Å². The number of sulfonamides is 1. The number of hydrogen-bond acceptors (Lipinski definition) is 5. The van der Waals surface area contributed by atoms with E-state index in [1.165, 1.54) is 24.0 Å². The topological polar surface area (TPSA) is 84.9 Å². The van der Waals surface area contributed by atoms with Gasteiger partial charge in [-0.3, -0.25) is 4.79 Å². The number of carbonyl (C=O) groups is 1. The molecule has 2 aromatic carbocycles. The van der Waals surface area contributed by atoms with E-state index in [1.807, 2.05) is 18.2 Å². The molecule has 0 atom stereocenters. The second-order valence-electron chi connectivity index (χ2n) is 7.72. The molecule has 1 saturated heterocycles. The first-order valence-corrected chi connectivity index (χ1v) is 11.9. The molecule has 2 aliphatic rings. The third-order valence-corrected chi connectivity index (χ3v) is 7.48. The number of hydrogen-bond donors (Lipinski definition) is 1. The molecule has 1 N–H and O–H groups in total. The molecule has 8 heteroatoms. The number of benzene rings is 2. The number of amides is 1. The fraction of sp³-hybridized carbons (Fsp3) is 0.348. The number of nitrogens with one attached hydrogen (secondary N) is 1. The molecule has 1 fully saturated rings. The Bertz CT molecular complexity index is 1030. The summed E-state index contributed by atoms with van der Waals surface area (Å²) < 4.78 is 37.9. The highest BCUT2D eigenvalue weighted by atomic mass is 32.2. The predicted molar refractivity (Wildman–Crippen MR) is 117 cm³/mol. The Kier molecular flexibility index (Phi) is 6.58. The van der Waals surface area contributed by atoms with Crippen molar-refractivity contribution in [3.8, 4) is 0 Å². The summed E-state index contributed by atoms with van der Waals surface area (Å²) in [7, 11) is -3.56. The lowest BCUT2D eigenvalue weighted by Crippen LogP contribution is -2.38. The molecule has 2 aliphatic heterocycles. The van der Waals surface area contributed by atoms with Crippen LogP contribution in [-0.2, 0) is 30.7 Å². The predicted octanol–water partition coefficient (Wildman–Crippen LogP) is 3.16. The number of carbonyl (C=O) groups excluding carboxylic acids is 1. The zero-order valence-electron chi connectivity index (χ0n) is 17.2. The quantitative estimate of drug-likeness (QED) is 0.743. The van der Waals surface area contributed by atoms with Gasteiger partial charge < -0.3 is 14.8 Å². The van der Waals surface area contributed by atoms with Crippen LogP contribution in [0.4, 0.5) is 5.69 Å². The van der Waals surface area contributed by atoms with Crippen LogP contribution in [0.15, 0.2) is 71.5 Å². The third kappa shape index (κ3) is 5.26. The highest BCUT2D eigenvalue weighted by Gasteiger charge is 2.29. The SMILES string of the molecule is O=C(Nc1ccc(S(=O)(=O)N2CCC(Cc3ccccc3)CC2)cc1)C1=COCCO1. The maximum atomic E-state index is 13.0. The van der Waals surface area contributed by atoms with Crippen LogP contribution in [0.1, 0.15) is 18.4 Å². The number of anilines is 1. The summed E-state index contributed by atoms with van der Waals surface area (Å²) in [5.41, 5.74) is 1.78. The maximum Gasteiger partial charge on any atom is 0.294 e. The molecule has 0 radical (unpaired) electrons. The van der Waals surface area contributed by atoms with Crippen LogP contribution in [-0.4, -0.2) is 44.9 Å². The molecule has 1 amide bonds. The van der Waals surface area contributed by atoms with Crippen LogP contribution >= 0.6 is 0 Å². The van der Waals surface area contributed by atoms with Crippen molar-refractivity contribution in [1.82, 2.24) is 4.31 Å². The molecule has 0 saturated carbocycles. The Morgan fingerprint density at radius 1 is 1.00 bits per heavy atom. The molecule has 0 aromatic heterocycles. The van der Waals surface area contributed by atoms with Crippen molar-refractivity contribution < 1.29 is 22.7 Å². The molecule has 0 unspecified atom stereocenters. The van der Waals surface area contributed by atoms with E-state index in [1.54, 1.807) is 16.4 Å². The summed E-state index contributed by atoms with van der Waals surface area (Å²) in [6, 6.07) is 16.5. The normalized spacial score (nSPS) is 17.9. The lowest BCUT2D eigenvalue weighted by Gasteiger charge is -2.31. The summed E-state index contributed by atoms with van der Waals surface area (Å²) in [6.07, 6.45) is 3.95. The van der Waals surface area contributed by atoms with E-state index in [0.29, 0.717) is 37.9 Å². The molecule has 0 aliphatic carbocycles. The molecule has 7 nitrogen and oxygen atoms in total. The second-order valence-corrected chi connectivity index (χ2v) is 9.65. The van der Waals surface area contributed by atoms with Gasteiger partial charge in [0.2, 0.25) is 15.8 Å². The summed E-state index contributed by atoms with van der Waals surface area (Å²) in [5, 5.41) is 2.68. The fourth-order valence-electron chi connectivity index (χ4n) is 3.84. The molecule has 31 heavy (non-hydrogen) atoms. The van der Waals surface area contributed by atoms with Crippen molar-refractivity contribution in [2.45, 2.75) is 24.2 Å². The van der Waals surface area contributed by atoms with Gasteiger partial charge in [0.25, 0.3) is 5.91 Å². The van der Waals surface area contributed by atoms with Crippen LogP contribution in [0.5, 0.6) is 0 Å². The van der Waals surface area contributed by atoms with E-state index in [-0.39, 0.29) is 10.7 Å². The van der Waals surface area contributed by atoms with Gasteiger partial charge in [0.05, 0.1) is 4.90 Å². The van der Waals surface area contributed by atoms with Gasteiger partial charge in [0.1, 0.15) is 19.5 Å². The molecule has 4 rings (SSSR count). The van der Waals surface area contributed by atoms with Crippen molar-refractivity contribution in [3.05, 3.63) is 72.2 Å². The standard InChI is InChI=1S/C23H26N2O5S/c26-23(22-17-29-14-15-30-22)24-20-6-8-21(9-7-20)31(27,28)25-12-10-19(11-13-25)16-18-4-2-1-3-5-18/h1-9,17,19H,10-16H2,(H,24,26). The Labute approximate surface area is 182 Å². The van der Waals surface area contributed by atoms with Gasteiger partial charge in [-0.2, -0.15) is 4.31 Å². The van der Waals surface area contributed by atoms with Crippen LogP contribution in [0.25, 0.3) is 0 Å². The van der Waals surface area contributed by atoms with Crippen LogP contribution in [0.3, 0.4) is 0 Å². The van der Waals surface area contributed by atoms with Crippen molar-refractivity contribution >= 4 is 21.6 Å². The van der Waals surface area contributed by atoms with E-state index in [9.17, 15) is 13.2 Å². The van der Waals surface area contributed by atoms with Gasteiger partial charge in [-0.1, -0.05) is 30.3 Å². The van der Waals surface area contributed by atoms with E-state index >= 15 is 0 Å². The third-order valence-electron chi connectivity index (χ3n) is 5.56. The molecular weight excluding hydrogens is 416 g/mol. The first-order valence-electron chi connectivity index (χ1n) is 10.4. The summed E-state index contributed by atoms with van der Waals surface area (Å²) in [5.74, 6) is 0.156. The van der Waals surface area contributed by atoms with Crippen LogP contribution in [0, 0.1) is 5.92 Å². The Hall–Kier alpha value is -2.84. The number of piperidine rings is 1. The van der Waals surface area contributed by atoms with Gasteiger partial charge in [-0.25, -0.2) is 8.42 Å². The number of rotatable bonds is 6. The number of ether oxygens (including phenoxy) is 2. The van der Waals surface area contributed by atoms with Crippen molar-refractivity contribution in [3.63, 3.8) is 0 Å². The zero-order chi connectivity index (χ0) is 21.7. The Morgan fingerprint density at radius 2 is 1.71 bits per heavy atom. The molecular formula is C23H26N2O5S. The van der Waals surface area contributed by atoms with Gasteiger partial charge in [0.15, 0.2) is 0 Å². The fourth-order valence-corrected chi connectivity index (χ4v) is 5.31. The average Bonchev–Trinajstić information content (AvgIpc) is 2.81. The largest absolute Gasteiger partial charge is 0.494 e. The summed E-state index contributed by atoms with van der Waals surface area (Å²) in [4.78, 5) is 12.4. The van der Waals surface area contributed by atoms with Gasteiger partial charge in [-0.05, 0) is 55.0 Å². The molecule has 0 bridgehead atoms. The monoisotopic (exact) mass is 442 g/mol. The van der Waals surface area contributed by atoms with E-state index < -0.39 is 15.9 Å². The Balaban J connectivity index is 1.34. The second kappa shape index (κ2) is 9.53. The molecule has 0 spiro atoms. The molecule has 2 heterocycles. The maximum absolute atomic E-state index is 13.0. The number of nitrogens with zero attached hydrogens (tertiary/aromatic N) is 1. The summed E-state index contributed by atoms with van der Waals surface area (Å²) >= 11 is 0. The molecule has 2 aromatic rings. The average molecular weight is 443 g/mol. The van der Waals surface area contributed by atoms with Crippen molar-refractivity contribution in [1.29, 1.82) is 0 Å².